The highest BCUT2D eigenvalue weighted by Crippen LogP contribution is 2.25. The third kappa shape index (κ3) is 4.70. The summed E-state index contributed by atoms with van der Waals surface area (Å²) < 4.78 is 5.23. The van der Waals surface area contributed by atoms with Gasteiger partial charge >= 0.3 is 0 Å². The van der Waals surface area contributed by atoms with Crippen LogP contribution in [0.3, 0.4) is 0 Å². The number of rotatable bonds is 8. The number of nitrogens with zero attached hydrogens (tertiary/aromatic N) is 2. The van der Waals surface area contributed by atoms with Gasteiger partial charge in [0.2, 0.25) is 0 Å². The number of aromatic nitrogens is 1. The minimum atomic E-state index is -0.192. The Morgan fingerprint density at radius 1 is 1.20 bits per heavy atom. The molecule has 5 nitrogen and oxygen atoms in total. The Labute approximate surface area is 151 Å². The van der Waals surface area contributed by atoms with Crippen LogP contribution in [-0.2, 0) is 0 Å². The Hall–Kier alpha value is -2.60. The molecule has 1 N–H and O–H groups in total. The van der Waals surface area contributed by atoms with Crippen molar-refractivity contribution in [3.63, 3.8) is 0 Å². The van der Waals surface area contributed by atoms with Crippen LogP contribution in [-0.4, -0.2) is 31.2 Å². The van der Waals surface area contributed by atoms with Crippen LogP contribution in [0.5, 0.6) is 0 Å². The molecule has 0 saturated heterocycles. The second-order valence-electron chi connectivity index (χ2n) is 5.77. The largest absolute Gasteiger partial charge is 0.375 e. The second-order valence-corrected chi connectivity index (χ2v) is 6.72. The van der Waals surface area contributed by atoms with Crippen molar-refractivity contribution in [2.75, 3.05) is 25.0 Å². The zero-order valence-electron chi connectivity index (χ0n) is 14.1. The molecule has 0 saturated carbocycles. The van der Waals surface area contributed by atoms with Crippen LogP contribution in [0.4, 0.5) is 5.69 Å². The summed E-state index contributed by atoms with van der Waals surface area (Å²) in [6.07, 6.45) is 1.92. The first kappa shape index (κ1) is 17.2. The van der Waals surface area contributed by atoms with Crippen LogP contribution in [0.25, 0.3) is 10.6 Å². The van der Waals surface area contributed by atoms with Crippen molar-refractivity contribution in [2.24, 2.45) is 0 Å². The number of benzene rings is 1. The molecular weight excluding hydrogens is 334 g/mol. The van der Waals surface area contributed by atoms with Gasteiger partial charge in [0.25, 0.3) is 5.91 Å². The second kappa shape index (κ2) is 8.48. The Kier molecular flexibility index (Phi) is 5.85. The smallest absolute Gasteiger partial charge is 0.273 e. The van der Waals surface area contributed by atoms with Gasteiger partial charge in [-0.1, -0.05) is 29.4 Å². The van der Waals surface area contributed by atoms with E-state index in [-0.39, 0.29) is 5.91 Å². The highest BCUT2D eigenvalue weighted by atomic mass is 32.1. The van der Waals surface area contributed by atoms with Crippen LogP contribution in [0.2, 0.25) is 0 Å². The monoisotopic (exact) mass is 355 g/mol. The van der Waals surface area contributed by atoms with E-state index in [1.807, 2.05) is 35.7 Å². The van der Waals surface area contributed by atoms with E-state index in [1.54, 1.807) is 17.4 Å². The average molecular weight is 355 g/mol. The lowest BCUT2D eigenvalue weighted by molar-refractivity contribution is 0.0944. The van der Waals surface area contributed by atoms with Crippen molar-refractivity contribution in [1.29, 1.82) is 0 Å². The van der Waals surface area contributed by atoms with Crippen molar-refractivity contribution in [3.05, 3.63) is 59.6 Å². The summed E-state index contributed by atoms with van der Waals surface area (Å²) >= 11 is 1.56. The van der Waals surface area contributed by atoms with Crippen LogP contribution in [0, 0.1) is 0 Å². The number of hydrogen-bond donors (Lipinski definition) is 1. The molecule has 0 atom stereocenters. The quantitative estimate of drug-likeness (QED) is 0.619. The van der Waals surface area contributed by atoms with Gasteiger partial charge < -0.3 is 14.7 Å². The van der Waals surface area contributed by atoms with Crippen LogP contribution in [0.15, 0.2) is 58.4 Å². The third-order valence-corrected chi connectivity index (χ3v) is 4.79. The molecule has 3 aromatic rings. The molecule has 0 spiro atoms. The van der Waals surface area contributed by atoms with Gasteiger partial charge in [-0.25, -0.2) is 0 Å². The van der Waals surface area contributed by atoms with E-state index < -0.39 is 0 Å². The lowest BCUT2D eigenvalue weighted by atomic mass is 10.2. The number of carbonyl (C=O) groups excluding carboxylic acids is 1. The Bertz CT molecular complexity index is 784. The number of carbonyl (C=O) groups is 1. The molecular formula is C19H21N3O2S. The Morgan fingerprint density at radius 2 is 2.04 bits per heavy atom. The first-order chi connectivity index (χ1) is 12.2. The summed E-state index contributed by atoms with van der Waals surface area (Å²) in [6, 6.07) is 15.8. The normalized spacial score (nSPS) is 10.6. The van der Waals surface area contributed by atoms with Crippen molar-refractivity contribution < 1.29 is 9.32 Å². The van der Waals surface area contributed by atoms with Gasteiger partial charge in [0.15, 0.2) is 11.5 Å². The molecule has 130 valence electrons. The number of nitrogens with one attached hydrogen (secondary N) is 1. The SMILES string of the molecule is CN(CCCCNC(=O)c1cc(-c2cccs2)on1)c1ccccc1. The fourth-order valence-electron chi connectivity index (χ4n) is 2.50. The number of amides is 1. The van der Waals surface area contributed by atoms with E-state index in [0.717, 1.165) is 24.3 Å². The molecule has 0 fully saturated rings. The van der Waals surface area contributed by atoms with Crippen LogP contribution in [0.1, 0.15) is 23.3 Å². The van der Waals surface area contributed by atoms with Crippen LogP contribution >= 0.6 is 11.3 Å². The summed E-state index contributed by atoms with van der Waals surface area (Å²) in [5, 5.41) is 8.71. The van der Waals surface area contributed by atoms with E-state index in [0.29, 0.717) is 18.0 Å². The number of para-hydroxylation sites is 1. The number of anilines is 1. The van der Waals surface area contributed by atoms with Crippen molar-refractivity contribution >= 4 is 22.9 Å². The summed E-state index contributed by atoms with van der Waals surface area (Å²) in [5.74, 6) is 0.438. The molecule has 3 rings (SSSR count). The topological polar surface area (TPSA) is 58.4 Å². The maximum absolute atomic E-state index is 12.1. The van der Waals surface area contributed by atoms with Gasteiger partial charge in [-0.05, 0) is 36.4 Å². The standard InChI is InChI=1S/C19H21N3O2S/c1-22(15-8-3-2-4-9-15)12-6-5-11-20-19(23)16-14-17(24-21-16)18-10-7-13-25-18/h2-4,7-10,13-14H,5-6,11-12H2,1H3,(H,20,23). The van der Waals surface area contributed by atoms with Crippen LogP contribution < -0.4 is 10.2 Å². The fourth-order valence-corrected chi connectivity index (χ4v) is 3.17. The molecule has 0 aliphatic rings. The fraction of sp³-hybridized carbons (Fsp3) is 0.263. The van der Waals surface area contributed by atoms with E-state index in [2.05, 4.69) is 34.6 Å². The van der Waals surface area contributed by atoms with Gasteiger partial charge in [-0.3, -0.25) is 4.79 Å². The highest BCUT2D eigenvalue weighted by molar-refractivity contribution is 7.13. The molecule has 0 aliphatic carbocycles. The van der Waals surface area contributed by atoms with E-state index in [4.69, 9.17) is 4.52 Å². The highest BCUT2D eigenvalue weighted by Gasteiger charge is 2.13. The maximum Gasteiger partial charge on any atom is 0.273 e. The van der Waals surface area contributed by atoms with Crippen molar-refractivity contribution in [1.82, 2.24) is 10.5 Å². The number of hydrogen-bond acceptors (Lipinski definition) is 5. The predicted molar refractivity (Wildman–Crippen MR) is 101 cm³/mol. The zero-order chi connectivity index (χ0) is 17.5. The lowest BCUT2D eigenvalue weighted by Crippen LogP contribution is -2.26. The third-order valence-electron chi connectivity index (χ3n) is 3.91. The van der Waals surface area contributed by atoms with Crippen molar-refractivity contribution in [3.8, 4) is 10.6 Å². The minimum Gasteiger partial charge on any atom is -0.375 e. The summed E-state index contributed by atoms with van der Waals surface area (Å²) in [7, 11) is 2.08. The first-order valence-electron chi connectivity index (χ1n) is 8.29. The van der Waals surface area contributed by atoms with Gasteiger partial charge in [-0.15, -0.1) is 11.3 Å². The van der Waals surface area contributed by atoms with Gasteiger partial charge in [0, 0.05) is 31.9 Å². The number of unbranched alkanes of at least 4 members (excludes halogenated alkanes) is 1. The van der Waals surface area contributed by atoms with E-state index in [9.17, 15) is 4.79 Å². The molecule has 1 amide bonds. The summed E-state index contributed by atoms with van der Waals surface area (Å²) in [5.41, 5.74) is 1.53. The van der Waals surface area contributed by atoms with E-state index in [1.165, 1.54) is 5.69 Å². The predicted octanol–water partition coefficient (Wildman–Crippen LogP) is 4.05. The summed E-state index contributed by atoms with van der Waals surface area (Å²) in [4.78, 5) is 15.3. The molecule has 0 bridgehead atoms. The van der Waals surface area contributed by atoms with Gasteiger partial charge in [0.1, 0.15) is 0 Å². The number of thiophene rings is 1. The Balaban J connectivity index is 1.38. The molecule has 25 heavy (non-hydrogen) atoms. The Morgan fingerprint density at radius 3 is 2.80 bits per heavy atom. The molecule has 0 unspecified atom stereocenters. The molecule has 6 heteroatoms. The molecule has 2 heterocycles. The van der Waals surface area contributed by atoms with Crippen molar-refractivity contribution in [2.45, 2.75) is 12.8 Å². The molecule has 1 aromatic carbocycles. The summed E-state index contributed by atoms with van der Waals surface area (Å²) in [6.45, 7) is 1.58. The van der Waals surface area contributed by atoms with Gasteiger partial charge in [-0.2, -0.15) is 0 Å². The van der Waals surface area contributed by atoms with E-state index >= 15 is 0 Å². The molecule has 2 aromatic heterocycles. The molecule has 0 radical (unpaired) electrons. The van der Waals surface area contributed by atoms with Gasteiger partial charge in [0.05, 0.1) is 4.88 Å². The first-order valence-corrected chi connectivity index (χ1v) is 9.17. The average Bonchev–Trinajstić information content (AvgIpc) is 3.33. The molecule has 0 aliphatic heterocycles. The lowest BCUT2D eigenvalue weighted by Gasteiger charge is -2.18. The zero-order valence-corrected chi connectivity index (χ0v) is 15.0. The minimum absolute atomic E-state index is 0.192. The maximum atomic E-state index is 12.1.